The molecule has 2 aromatic carbocycles. The van der Waals surface area contributed by atoms with Crippen LogP contribution < -0.4 is 0 Å². The van der Waals surface area contributed by atoms with Gasteiger partial charge in [0.2, 0.25) is 0 Å². The van der Waals surface area contributed by atoms with Crippen LogP contribution >= 0.6 is 0 Å². The summed E-state index contributed by atoms with van der Waals surface area (Å²) in [6.07, 6.45) is -5.10. The van der Waals surface area contributed by atoms with Crippen molar-refractivity contribution in [2.45, 2.75) is 26.2 Å². The molecule has 0 fully saturated rings. The zero-order valence-electron chi connectivity index (χ0n) is 16.2. The van der Waals surface area contributed by atoms with Crippen LogP contribution in [0.15, 0.2) is 71.8 Å². The van der Waals surface area contributed by atoms with E-state index < -0.39 is 23.5 Å². The van der Waals surface area contributed by atoms with Gasteiger partial charge in [-0.2, -0.15) is 26.3 Å². The Morgan fingerprint density at radius 1 is 0.667 bits per heavy atom. The highest BCUT2D eigenvalue weighted by atomic mass is 19.4. The van der Waals surface area contributed by atoms with Gasteiger partial charge in [-0.25, -0.2) is 0 Å². The van der Waals surface area contributed by atoms with Crippen LogP contribution in [-0.2, 0) is 12.4 Å². The first kappa shape index (κ1) is 20.5. The molecule has 2 aliphatic rings. The van der Waals surface area contributed by atoms with Gasteiger partial charge in [-0.3, -0.25) is 0 Å². The van der Waals surface area contributed by atoms with Gasteiger partial charge in [0.1, 0.15) is 0 Å². The fourth-order valence-electron chi connectivity index (χ4n) is 4.38. The van der Waals surface area contributed by atoms with Crippen molar-refractivity contribution >= 4 is 11.1 Å². The number of allylic oxidation sites excluding steroid dienone is 6. The van der Waals surface area contributed by atoms with E-state index in [9.17, 15) is 26.3 Å². The first-order valence-corrected chi connectivity index (χ1v) is 9.43. The largest absolute Gasteiger partial charge is 0.416 e. The van der Waals surface area contributed by atoms with Gasteiger partial charge in [0.05, 0.1) is 11.1 Å². The van der Waals surface area contributed by atoms with E-state index >= 15 is 0 Å². The Kier molecular flexibility index (Phi) is 4.71. The topological polar surface area (TPSA) is 0 Å². The highest BCUT2D eigenvalue weighted by Crippen LogP contribution is 2.55. The minimum absolute atomic E-state index is 0.243. The fourth-order valence-corrected chi connectivity index (χ4v) is 4.38. The third-order valence-electron chi connectivity index (χ3n) is 5.66. The van der Waals surface area contributed by atoms with E-state index in [0.717, 1.165) is 46.6 Å². The van der Waals surface area contributed by atoms with Gasteiger partial charge < -0.3 is 0 Å². The minimum atomic E-state index is -4.44. The number of fused-ring (bicyclic) bond motifs is 2. The molecular weight excluding hydrogens is 402 g/mol. The van der Waals surface area contributed by atoms with Gasteiger partial charge in [-0.05, 0) is 66.0 Å². The molecule has 2 aliphatic carbocycles. The lowest BCUT2D eigenvalue weighted by atomic mass is 9.90. The zero-order valence-corrected chi connectivity index (χ0v) is 16.2. The predicted molar refractivity (Wildman–Crippen MR) is 104 cm³/mol. The van der Waals surface area contributed by atoms with Crippen LogP contribution in [0.4, 0.5) is 26.3 Å². The summed E-state index contributed by atoms with van der Waals surface area (Å²) >= 11 is 0. The van der Waals surface area contributed by atoms with Crippen molar-refractivity contribution in [1.82, 2.24) is 0 Å². The second kappa shape index (κ2) is 6.89. The molecule has 30 heavy (non-hydrogen) atoms. The minimum Gasteiger partial charge on any atom is -0.166 e. The van der Waals surface area contributed by atoms with E-state index in [4.69, 9.17) is 0 Å². The molecule has 0 unspecified atom stereocenters. The summed E-state index contributed by atoms with van der Waals surface area (Å²) in [5.74, 6) is -0.485. The van der Waals surface area contributed by atoms with Gasteiger partial charge in [-0.15, -0.1) is 0 Å². The molecule has 2 atom stereocenters. The Bertz CT molecular complexity index is 1010. The summed E-state index contributed by atoms with van der Waals surface area (Å²) < 4.78 is 78.8. The lowest BCUT2D eigenvalue weighted by molar-refractivity contribution is -0.138. The molecule has 6 heteroatoms. The van der Waals surface area contributed by atoms with Crippen LogP contribution in [0.1, 0.15) is 36.1 Å². The van der Waals surface area contributed by atoms with E-state index in [1.165, 1.54) is 12.1 Å². The molecule has 0 spiro atoms. The van der Waals surface area contributed by atoms with Crippen molar-refractivity contribution in [3.63, 3.8) is 0 Å². The monoisotopic (exact) mass is 420 g/mol. The Morgan fingerprint density at radius 2 is 1.07 bits per heavy atom. The maximum Gasteiger partial charge on any atom is 0.416 e. The van der Waals surface area contributed by atoms with Crippen molar-refractivity contribution in [2.75, 3.05) is 0 Å². The number of rotatable bonds is 2. The summed E-state index contributed by atoms with van der Waals surface area (Å²) in [4.78, 5) is 0. The molecule has 0 saturated carbocycles. The zero-order chi connectivity index (χ0) is 21.8. The number of alkyl halides is 6. The van der Waals surface area contributed by atoms with Crippen molar-refractivity contribution < 1.29 is 26.3 Å². The van der Waals surface area contributed by atoms with Crippen LogP contribution in [0.25, 0.3) is 11.1 Å². The highest BCUT2D eigenvalue weighted by Gasteiger charge is 2.41. The van der Waals surface area contributed by atoms with Crippen molar-refractivity contribution in [3.8, 4) is 0 Å². The summed E-state index contributed by atoms with van der Waals surface area (Å²) in [7, 11) is 0. The summed E-state index contributed by atoms with van der Waals surface area (Å²) in [6.45, 7) is 3.84. The number of hydrogen-bond donors (Lipinski definition) is 0. The third-order valence-corrected chi connectivity index (χ3v) is 5.66. The molecule has 0 heterocycles. The highest BCUT2D eigenvalue weighted by molar-refractivity contribution is 5.90. The maximum atomic E-state index is 13.1. The smallest absolute Gasteiger partial charge is 0.166 e. The summed E-state index contributed by atoms with van der Waals surface area (Å²) in [5.41, 5.74) is 3.09. The van der Waals surface area contributed by atoms with Gasteiger partial charge in [0.25, 0.3) is 0 Å². The van der Waals surface area contributed by atoms with Gasteiger partial charge in [0, 0.05) is 11.8 Å². The van der Waals surface area contributed by atoms with Crippen LogP contribution in [-0.4, -0.2) is 0 Å². The molecule has 2 aromatic rings. The fraction of sp³-hybridized carbons (Fsp3) is 0.250. The van der Waals surface area contributed by atoms with Crippen molar-refractivity contribution in [3.05, 3.63) is 94.1 Å². The van der Waals surface area contributed by atoms with Crippen LogP contribution in [0.3, 0.4) is 0 Å². The van der Waals surface area contributed by atoms with E-state index in [1.807, 2.05) is 26.0 Å². The molecule has 156 valence electrons. The second-order valence-corrected chi connectivity index (χ2v) is 7.81. The average molecular weight is 420 g/mol. The summed E-state index contributed by atoms with van der Waals surface area (Å²) in [5, 5.41) is 0. The van der Waals surface area contributed by atoms with Crippen LogP contribution in [0.5, 0.6) is 0 Å². The number of hydrogen-bond acceptors (Lipinski definition) is 0. The van der Waals surface area contributed by atoms with E-state index in [1.54, 1.807) is 12.1 Å². The Labute approximate surface area is 170 Å². The third kappa shape index (κ3) is 3.48. The van der Waals surface area contributed by atoms with Crippen molar-refractivity contribution in [2.24, 2.45) is 11.8 Å². The molecular formula is C24H18F6. The second-order valence-electron chi connectivity index (χ2n) is 7.81. The maximum absolute atomic E-state index is 13.1. The molecule has 0 aliphatic heterocycles. The molecule has 0 radical (unpaired) electrons. The quantitative estimate of drug-likeness (QED) is 0.344. The van der Waals surface area contributed by atoms with Crippen LogP contribution in [0.2, 0.25) is 0 Å². The molecule has 2 bridgehead atoms. The summed E-state index contributed by atoms with van der Waals surface area (Å²) in [6, 6.07) is 10.4. The molecule has 0 amide bonds. The first-order chi connectivity index (χ1) is 14.0. The normalized spacial score (nSPS) is 21.0. The Morgan fingerprint density at radius 3 is 1.40 bits per heavy atom. The molecule has 0 N–H and O–H groups in total. The van der Waals surface area contributed by atoms with E-state index in [0.29, 0.717) is 11.1 Å². The molecule has 0 aromatic heterocycles. The lowest BCUT2D eigenvalue weighted by Crippen LogP contribution is -2.06. The van der Waals surface area contributed by atoms with Crippen LogP contribution in [0, 0.1) is 11.8 Å². The number of benzene rings is 2. The Balaban J connectivity index is 1.75. The van der Waals surface area contributed by atoms with Gasteiger partial charge in [-0.1, -0.05) is 42.0 Å². The van der Waals surface area contributed by atoms with E-state index in [2.05, 4.69) is 0 Å². The molecule has 0 saturated heterocycles. The van der Waals surface area contributed by atoms with Gasteiger partial charge >= 0.3 is 12.4 Å². The Hall–Kier alpha value is -2.76. The first-order valence-electron chi connectivity index (χ1n) is 9.43. The van der Waals surface area contributed by atoms with E-state index in [-0.39, 0.29) is 11.8 Å². The van der Waals surface area contributed by atoms with Crippen molar-refractivity contribution in [1.29, 1.82) is 0 Å². The average Bonchev–Trinajstić information content (AvgIpc) is 3.23. The predicted octanol–water partition coefficient (Wildman–Crippen LogP) is 7.79. The molecule has 4 rings (SSSR count). The van der Waals surface area contributed by atoms with Gasteiger partial charge in [0.15, 0.2) is 0 Å². The number of halogens is 6. The molecule has 0 nitrogen and oxygen atoms in total. The standard InChI is InChI=1S/C24H18F6/c1-13(2)22-20-12-19(15-6-4-8-17(10-15)24(28,29)30)21(22)11-18(20)14-5-3-7-16(9-14)23(25,26)27/h3-12,20-21H,1-2H3/t20-,21-/m0/s1. The lowest BCUT2D eigenvalue weighted by Gasteiger charge is -2.16. The SMILES string of the molecule is CC(C)=C1[C@H]2C=C(c3cccc(C(F)(F)F)c3)[C@@H]1C=C2c1cccc(C(F)(F)F)c1.